The Labute approximate surface area is 52.3 Å². The Kier molecular flexibility index (Phi) is 2.59. The van der Waals surface area contributed by atoms with Crippen LogP contribution in [0, 0.1) is 0 Å². The van der Waals surface area contributed by atoms with Crippen LogP contribution in [0.15, 0.2) is 0 Å². The van der Waals surface area contributed by atoms with Gasteiger partial charge in [-0.25, -0.2) is 4.21 Å². The fourth-order valence-electron chi connectivity index (χ4n) is 0.105. The van der Waals surface area contributed by atoms with E-state index in [1.165, 1.54) is 0 Å². The zero-order valence-corrected chi connectivity index (χ0v) is 6.20. The molecular formula is C4H11NO2S. The Morgan fingerprint density at radius 3 is 2.00 bits per heavy atom. The second kappa shape index (κ2) is 2.57. The van der Waals surface area contributed by atoms with E-state index in [1.807, 2.05) is 6.92 Å². The van der Waals surface area contributed by atoms with E-state index in [4.69, 9.17) is 0 Å². The molecule has 8 heavy (non-hydrogen) atoms. The average Bonchev–Trinajstić information content (AvgIpc) is 1.67. The first-order valence-electron chi connectivity index (χ1n) is 2.43. The monoisotopic (exact) mass is 137 g/mol. The summed E-state index contributed by atoms with van der Waals surface area (Å²) in [5.41, 5.74) is 0. The number of nitrogens with zero attached hydrogens (tertiary/aromatic N) is 1. The third kappa shape index (κ3) is 1.90. The first-order chi connectivity index (χ1) is 3.50. The lowest BCUT2D eigenvalue weighted by molar-refractivity contribution is -0.760. The first-order valence-corrected chi connectivity index (χ1v) is 3.47. The van der Waals surface area contributed by atoms with E-state index in [1.54, 1.807) is 14.1 Å². The Bertz CT molecular complexity index is 102. The standard InChI is InChI=1S/C4H11NO2S/c1-4-5(2,3)8(6)7/h4H2,1-3H3. The van der Waals surface area contributed by atoms with Gasteiger partial charge in [0.25, 0.3) is 0 Å². The largest absolute Gasteiger partial charge is 0.724 e. The minimum atomic E-state index is -1.99. The smallest absolute Gasteiger partial charge is 0.147 e. The quantitative estimate of drug-likeness (QED) is 0.393. The lowest BCUT2D eigenvalue weighted by atomic mass is 10.7. The molecule has 0 rings (SSSR count). The van der Waals surface area contributed by atoms with Crippen molar-refractivity contribution in [2.24, 2.45) is 0 Å². The summed E-state index contributed by atoms with van der Waals surface area (Å²) in [6.07, 6.45) is 0. The Balaban J connectivity index is 3.91. The van der Waals surface area contributed by atoms with Gasteiger partial charge in [-0.05, 0) is 6.92 Å². The summed E-state index contributed by atoms with van der Waals surface area (Å²) in [7, 11) is 3.28. The molecule has 4 heteroatoms. The summed E-state index contributed by atoms with van der Waals surface area (Å²) in [4.78, 5) is 0. The van der Waals surface area contributed by atoms with Crippen molar-refractivity contribution < 1.29 is 12.6 Å². The van der Waals surface area contributed by atoms with Crippen LogP contribution in [-0.2, 0) is 11.3 Å². The molecule has 0 spiro atoms. The van der Waals surface area contributed by atoms with Crippen LogP contribution in [0.1, 0.15) is 6.92 Å². The topological polar surface area (TPSA) is 40.1 Å². The molecule has 0 heterocycles. The molecule has 0 aliphatic rings. The molecule has 1 unspecified atom stereocenters. The van der Waals surface area contributed by atoms with Crippen molar-refractivity contribution in [1.29, 1.82) is 0 Å². The van der Waals surface area contributed by atoms with Gasteiger partial charge in [0.15, 0.2) is 0 Å². The molecule has 3 nitrogen and oxygen atoms in total. The number of quaternary nitrogens is 1. The van der Waals surface area contributed by atoms with Crippen molar-refractivity contribution >= 4 is 11.3 Å². The van der Waals surface area contributed by atoms with Gasteiger partial charge in [-0.2, -0.15) is 0 Å². The van der Waals surface area contributed by atoms with Gasteiger partial charge in [0.1, 0.15) is 11.3 Å². The fraction of sp³-hybridized carbons (Fsp3) is 1.00. The van der Waals surface area contributed by atoms with Crippen LogP contribution in [0.3, 0.4) is 0 Å². The molecule has 0 saturated carbocycles. The summed E-state index contributed by atoms with van der Waals surface area (Å²) in [5.74, 6) is 0. The van der Waals surface area contributed by atoms with Gasteiger partial charge in [0.05, 0.1) is 20.6 Å². The van der Waals surface area contributed by atoms with Crippen molar-refractivity contribution in [3.05, 3.63) is 0 Å². The molecule has 1 atom stereocenters. The van der Waals surface area contributed by atoms with Crippen LogP contribution in [-0.4, -0.2) is 33.3 Å². The minimum Gasteiger partial charge on any atom is -0.724 e. The van der Waals surface area contributed by atoms with E-state index >= 15 is 0 Å². The molecule has 0 aromatic carbocycles. The third-order valence-electron chi connectivity index (χ3n) is 1.17. The van der Waals surface area contributed by atoms with Crippen LogP contribution in [0.2, 0.25) is 0 Å². The highest BCUT2D eigenvalue weighted by Gasteiger charge is 2.11. The molecule has 0 aromatic heterocycles. The van der Waals surface area contributed by atoms with Crippen LogP contribution >= 0.6 is 0 Å². The molecule has 0 radical (unpaired) electrons. The normalized spacial score (nSPS) is 16.0. The van der Waals surface area contributed by atoms with Gasteiger partial charge in [0.2, 0.25) is 0 Å². The second-order valence-corrected chi connectivity index (χ2v) is 3.53. The van der Waals surface area contributed by atoms with E-state index < -0.39 is 11.3 Å². The van der Waals surface area contributed by atoms with Gasteiger partial charge in [0, 0.05) is 0 Å². The first kappa shape index (κ1) is 8.07. The molecule has 0 N–H and O–H groups in total. The van der Waals surface area contributed by atoms with Crippen LogP contribution < -0.4 is 0 Å². The number of rotatable bonds is 2. The minimum absolute atomic E-state index is 0.0417. The van der Waals surface area contributed by atoms with Crippen molar-refractivity contribution in [3.63, 3.8) is 0 Å². The maximum absolute atomic E-state index is 10.2. The molecule has 0 aliphatic heterocycles. The number of hydrogen-bond donors (Lipinski definition) is 0. The SMILES string of the molecule is CC[N+](C)(C)S(=O)[O-]. The van der Waals surface area contributed by atoms with Gasteiger partial charge in [-0.15, -0.1) is 0 Å². The summed E-state index contributed by atoms with van der Waals surface area (Å²) >= 11 is -1.99. The van der Waals surface area contributed by atoms with Gasteiger partial charge in [-0.1, -0.05) is 0 Å². The zero-order chi connectivity index (χ0) is 6.78. The number of hydrogen-bond acceptors (Lipinski definition) is 2. The van der Waals surface area contributed by atoms with E-state index in [0.29, 0.717) is 6.54 Å². The molecule has 0 amide bonds. The lowest BCUT2D eigenvalue weighted by Crippen LogP contribution is -2.40. The van der Waals surface area contributed by atoms with Crippen molar-refractivity contribution in [2.75, 3.05) is 20.6 Å². The maximum atomic E-state index is 10.2. The molecule has 0 saturated heterocycles. The summed E-state index contributed by atoms with van der Waals surface area (Å²) in [5, 5.41) is 0. The molecule has 0 aliphatic carbocycles. The van der Waals surface area contributed by atoms with Crippen LogP contribution in [0.5, 0.6) is 0 Å². The highest BCUT2D eigenvalue weighted by atomic mass is 32.2. The van der Waals surface area contributed by atoms with Crippen LogP contribution in [0.4, 0.5) is 0 Å². The second-order valence-electron chi connectivity index (χ2n) is 2.11. The van der Waals surface area contributed by atoms with Crippen molar-refractivity contribution in [3.8, 4) is 0 Å². The summed E-state index contributed by atoms with van der Waals surface area (Å²) < 4.78 is 20.5. The Morgan fingerprint density at radius 1 is 1.62 bits per heavy atom. The van der Waals surface area contributed by atoms with Gasteiger partial charge >= 0.3 is 0 Å². The van der Waals surface area contributed by atoms with Crippen molar-refractivity contribution in [2.45, 2.75) is 6.92 Å². The van der Waals surface area contributed by atoms with E-state index in [-0.39, 0.29) is 3.89 Å². The maximum Gasteiger partial charge on any atom is 0.147 e. The molecular weight excluding hydrogens is 126 g/mol. The van der Waals surface area contributed by atoms with Gasteiger partial charge in [-0.3, -0.25) is 3.89 Å². The molecule has 50 valence electrons. The van der Waals surface area contributed by atoms with E-state index in [2.05, 4.69) is 0 Å². The highest BCUT2D eigenvalue weighted by Crippen LogP contribution is 1.97. The van der Waals surface area contributed by atoms with E-state index in [0.717, 1.165) is 0 Å². The summed E-state index contributed by atoms with van der Waals surface area (Å²) in [6, 6.07) is 0. The third-order valence-corrected chi connectivity index (χ3v) is 2.23. The highest BCUT2D eigenvalue weighted by molar-refractivity contribution is 7.73. The fourth-order valence-corrected chi connectivity index (χ4v) is 0.316. The predicted octanol–water partition coefficient (Wildman–Crippen LogP) is -0.123. The Morgan fingerprint density at radius 2 is 2.00 bits per heavy atom. The van der Waals surface area contributed by atoms with E-state index in [9.17, 15) is 8.76 Å². The van der Waals surface area contributed by atoms with Crippen molar-refractivity contribution in [1.82, 2.24) is 0 Å². The Hall–Kier alpha value is 0.0700. The van der Waals surface area contributed by atoms with Crippen LogP contribution in [0.25, 0.3) is 0 Å². The average molecular weight is 137 g/mol. The van der Waals surface area contributed by atoms with Gasteiger partial charge < -0.3 is 4.55 Å². The molecule has 0 aromatic rings. The molecule has 0 bridgehead atoms. The predicted molar refractivity (Wildman–Crippen MR) is 31.6 cm³/mol. The zero-order valence-electron chi connectivity index (χ0n) is 5.38. The lowest BCUT2D eigenvalue weighted by Gasteiger charge is -2.27. The molecule has 0 fully saturated rings. The summed E-state index contributed by atoms with van der Waals surface area (Å²) in [6.45, 7) is 2.44.